The van der Waals surface area contributed by atoms with Crippen molar-refractivity contribution in [2.45, 2.75) is 25.4 Å². The molecule has 0 fully saturated rings. The molecule has 0 amide bonds. The van der Waals surface area contributed by atoms with Crippen LogP contribution in [0.1, 0.15) is 35.2 Å². The number of carbonyl (C=O) groups is 1. The van der Waals surface area contributed by atoms with E-state index in [2.05, 4.69) is 0 Å². The molecule has 1 rings (SSSR count). The molecular formula is C12H11Cl2F3O. The smallest absolute Gasteiger partial charge is 0.294 e. The Balaban J connectivity index is 2.90. The maximum absolute atomic E-state index is 12.5. The zero-order valence-electron chi connectivity index (χ0n) is 9.36. The van der Waals surface area contributed by atoms with Gasteiger partial charge in [-0.2, -0.15) is 13.2 Å². The molecule has 0 unspecified atom stereocenters. The minimum absolute atomic E-state index is 0.0406. The summed E-state index contributed by atoms with van der Waals surface area (Å²) in [6, 6.07) is 2.75. The lowest BCUT2D eigenvalue weighted by molar-refractivity contribution is -0.137. The van der Waals surface area contributed by atoms with Gasteiger partial charge in [-0.05, 0) is 31.0 Å². The van der Waals surface area contributed by atoms with Crippen molar-refractivity contribution in [1.29, 1.82) is 0 Å². The number of hydrogen-bond acceptors (Lipinski definition) is 1. The Bertz CT molecular complexity index is 430. The number of Topliss-reactive ketones (excluding diaryl/α,β-unsaturated/α-hetero) is 1. The number of unbranched alkanes of at least 4 members (excludes halogenated alkanes) is 1. The predicted molar refractivity (Wildman–Crippen MR) is 65.4 cm³/mol. The molecule has 0 aliphatic carbocycles. The second kappa shape index (κ2) is 6.43. The van der Waals surface area contributed by atoms with Crippen LogP contribution in [0.4, 0.5) is 13.2 Å². The van der Waals surface area contributed by atoms with Crippen LogP contribution in [0.3, 0.4) is 0 Å². The molecular weight excluding hydrogens is 288 g/mol. The molecule has 1 nitrogen and oxygen atoms in total. The number of halogens is 5. The molecule has 6 heteroatoms. The van der Waals surface area contributed by atoms with Crippen molar-refractivity contribution in [1.82, 2.24) is 0 Å². The van der Waals surface area contributed by atoms with Crippen LogP contribution in [0.5, 0.6) is 0 Å². The third kappa shape index (κ3) is 4.18. The number of benzene rings is 1. The van der Waals surface area contributed by atoms with Gasteiger partial charge in [-0.3, -0.25) is 4.79 Å². The molecule has 0 spiro atoms. The van der Waals surface area contributed by atoms with Crippen molar-refractivity contribution >= 4 is 29.0 Å². The van der Waals surface area contributed by atoms with Gasteiger partial charge in [0.05, 0.1) is 10.6 Å². The number of rotatable bonds is 5. The van der Waals surface area contributed by atoms with Crippen LogP contribution in [0, 0.1) is 0 Å². The highest BCUT2D eigenvalue weighted by Crippen LogP contribution is 2.32. The van der Waals surface area contributed by atoms with Gasteiger partial charge in [0.25, 0.3) is 0 Å². The van der Waals surface area contributed by atoms with E-state index < -0.39 is 17.5 Å². The van der Waals surface area contributed by atoms with Gasteiger partial charge < -0.3 is 0 Å². The molecule has 0 radical (unpaired) electrons. The van der Waals surface area contributed by atoms with Crippen LogP contribution >= 0.6 is 23.2 Å². The first-order chi connectivity index (χ1) is 8.36. The van der Waals surface area contributed by atoms with E-state index >= 15 is 0 Å². The molecule has 100 valence electrons. The SMILES string of the molecule is O=C(CCCCCl)c1cc(C(F)(F)F)ccc1Cl. The summed E-state index contributed by atoms with van der Waals surface area (Å²) < 4.78 is 37.5. The zero-order chi connectivity index (χ0) is 13.8. The molecule has 0 bridgehead atoms. The average molecular weight is 299 g/mol. The van der Waals surface area contributed by atoms with E-state index in [9.17, 15) is 18.0 Å². The minimum Gasteiger partial charge on any atom is -0.294 e. The highest BCUT2D eigenvalue weighted by atomic mass is 35.5. The number of hydrogen-bond donors (Lipinski definition) is 0. The van der Waals surface area contributed by atoms with Gasteiger partial charge in [-0.25, -0.2) is 0 Å². The zero-order valence-corrected chi connectivity index (χ0v) is 10.9. The highest BCUT2D eigenvalue weighted by Gasteiger charge is 2.31. The Morgan fingerprint density at radius 2 is 1.89 bits per heavy atom. The maximum Gasteiger partial charge on any atom is 0.416 e. The van der Waals surface area contributed by atoms with Crippen LogP contribution < -0.4 is 0 Å². The van der Waals surface area contributed by atoms with Crippen LogP contribution in [-0.4, -0.2) is 11.7 Å². The van der Waals surface area contributed by atoms with Crippen molar-refractivity contribution < 1.29 is 18.0 Å². The molecule has 0 atom stereocenters. The summed E-state index contributed by atoms with van der Waals surface area (Å²) in [4.78, 5) is 11.7. The first-order valence-electron chi connectivity index (χ1n) is 5.32. The van der Waals surface area contributed by atoms with Gasteiger partial charge in [0.1, 0.15) is 0 Å². The van der Waals surface area contributed by atoms with Crippen molar-refractivity contribution in [2.75, 3.05) is 5.88 Å². The molecule has 0 heterocycles. The quantitative estimate of drug-likeness (QED) is 0.427. The van der Waals surface area contributed by atoms with Gasteiger partial charge >= 0.3 is 6.18 Å². The van der Waals surface area contributed by atoms with E-state index in [1.54, 1.807) is 0 Å². The summed E-state index contributed by atoms with van der Waals surface area (Å²) >= 11 is 11.2. The van der Waals surface area contributed by atoms with Crippen LogP contribution in [0.2, 0.25) is 5.02 Å². The molecule has 1 aromatic rings. The summed E-state index contributed by atoms with van der Waals surface area (Å²) in [5.74, 6) is 0.0278. The van der Waals surface area contributed by atoms with Crippen LogP contribution in [-0.2, 0) is 6.18 Å². The Hall–Kier alpha value is -0.740. The molecule has 0 N–H and O–H groups in total. The monoisotopic (exact) mass is 298 g/mol. The number of ketones is 1. The van der Waals surface area contributed by atoms with Crippen molar-refractivity contribution in [3.63, 3.8) is 0 Å². The van der Waals surface area contributed by atoms with E-state index in [0.29, 0.717) is 18.7 Å². The Labute approximate surface area is 113 Å². The highest BCUT2D eigenvalue weighted by molar-refractivity contribution is 6.34. The van der Waals surface area contributed by atoms with Gasteiger partial charge in [0.15, 0.2) is 5.78 Å². The third-order valence-electron chi connectivity index (χ3n) is 2.38. The first-order valence-corrected chi connectivity index (χ1v) is 6.23. The second-order valence-electron chi connectivity index (χ2n) is 3.76. The lowest BCUT2D eigenvalue weighted by atomic mass is 10.0. The third-order valence-corrected chi connectivity index (χ3v) is 2.98. The van der Waals surface area contributed by atoms with E-state index in [1.165, 1.54) is 0 Å². The lowest BCUT2D eigenvalue weighted by Crippen LogP contribution is -2.08. The number of carbonyl (C=O) groups excluding carboxylic acids is 1. The van der Waals surface area contributed by atoms with Gasteiger partial charge in [-0.1, -0.05) is 11.6 Å². The van der Waals surface area contributed by atoms with Crippen LogP contribution in [0.25, 0.3) is 0 Å². The van der Waals surface area contributed by atoms with Crippen molar-refractivity contribution in [3.8, 4) is 0 Å². The normalized spacial score (nSPS) is 11.6. The molecule has 0 saturated carbocycles. The van der Waals surface area contributed by atoms with Gasteiger partial charge in [-0.15, -0.1) is 11.6 Å². The van der Waals surface area contributed by atoms with Gasteiger partial charge in [0.2, 0.25) is 0 Å². The minimum atomic E-state index is -4.48. The summed E-state index contributed by atoms with van der Waals surface area (Å²) in [6.45, 7) is 0. The number of alkyl halides is 4. The molecule has 0 aliphatic rings. The topological polar surface area (TPSA) is 17.1 Å². The molecule has 18 heavy (non-hydrogen) atoms. The van der Waals surface area contributed by atoms with E-state index in [0.717, 1.165) is 18.2 Å². The largest absolute Gasteiger partial charge is 0.416 e. The summed E-state index contributed by atoms with van der Waals surface area (Å²) in [5, 5.41) is 0.0406. The van der Waals surface area contributed by atoms with Gasteiger partial charge in [0, 0.05) is 17.9 Å². The fraction of sp³-hybridized carbons (Fsp3) is 0.417. The summed E-state index contributed by atoms with van der Waals surface area (Å²) in [6.07, 6.45) is -3.15. The Morgan fingerprint density at radius 1 is 1.22 bits per heavy atom. The Morgan fingerprint density at radius 3 is 2.44 bits per heavy atom. The molecule has 0 saturated heterocycles. The first kappa shape index (κ1) is 15.3. The van der Waals surface area contributed by atoms with E-state index in [1.807, 2.05) is 0 Å². The standard InChI is InChI=1S/C12H11Cl2F3O/c13-6-2-1-3-11(18)9-7-8(12(15,16)17)4-5-10(9)14/h4-5,7H,1-3,6H2. The lowest BCUT2D eigenvalue weighted by Gasteiger charge is -2.09. The molecule has 0 aromatic heterocycles. The van der Waals surface area contributed by atoms with E-state index in [-0.39, 0.29) is 17.0 Å². The average Bonchev–Trinajstić information content (AvgIpc) is 2.28. The summed E-state index contributed by atoms with van der Waals surface area (Å²) in [5.41, 5.74) is -0.950. The Kier molecular flexibility index (Phi) is 5.47. The van der Waals surface area contributed by atoms with E-state index in [4.69, 9.17) is 23.2 Å². The molecule has 0 aliphatic heterocycles. The van der Waals surface area contributed by atoms with Crippen molar-refractivity contribution in [3.05, 3.63) is 34.3 Å². The fourth-order valence-corrected chi connectivity index (χ4v) is 1.84. The predicted octanol–water partition coefficient (Wildman–Crippen LogP) is 4.95. The van der Waals surface area contributed by atoms with Crippen molar-refractivity contribution in [2.24, 2.45) is 0 Å². The molecule has 1 aromatic carbocycles. The fourth-order valence-electron chi connectivity index (χ4n) is 1.43. The second-order valence-corrected chi connectivity index (χ2v) is 4.55. The summed E-state index contributed by atoms with van der Waals surface area (Å²) in [7, 11) is 0. The maximum atomic E-state index is 12.5. The van der Waals surface area contributed by atoms with Crippen LogP contribution in [0.15, 0.2) is 18.2 Å².